The molecule has 2 aliphatic rings. The van der Waals surface area contributed by atoms with Gasteiger partial charge in [-0.25, -0.2) is 0 Å². The van der Waals surface area contributed by atoms with Crippen molar-refractivity contribution in [3.63, 3.8) is 0 Å². The molecule has 0 bridgehead atoms. The predicted molar refractivity (Wildman–Crippen MR) is 72.0 cm³/mol. The second kappa shape index (κ2) is 5.91. The minimum atomic E-state index is -0.831. The van der Waals surface area contributed by atoms with E-state index in [4.69, 9.17) is 5.11 Å². The lowest BCUT2D eigenvalue weighted by Gasteiger charge is -2.30. The summed E-state index contributed by atoms with van der Waals surface area (Å²) in [6.45, 7) is 4.47. The van der Waals surface area contributed by atoms with Crippen LogP contribution < -0.4 is 0 Å². The minimum absolute atomic E-state index is 0.0774. The molecule has 112 valence electrons. The molecule has 1 saturated heterocycles. The molecule has 1 N–H and O–H groups in total. The fourth-order valence-corrected chi connectivity index (χ4v) is 2.80. The molecule has 20 heavy (non-hydrogen) atoms. The Hall–Kier alpha value is -1.43. The first kappa shape index (κ1) is 15.0. The minimum Gasteiger partial charge on any atom is -0.481 e. The summed E-state index contributed by atoms with van der Waals surface area (Å²) in [7, 11) is 0. The number of carboxylic acid groups (broad SMARTS) is 1. The van der Waals surface area contributed by atoms with Crippen LogP contribution in [-0.2, 0) is 14.4 Å². The fourth-order valence-electron chi connectivity index (χ4n) is 2.80. The molecule has 1 heterocycles. The monoisotopic (exact) mass is 282 g/mol. The molecule has 1 aliphatic heterocycles. The van der Waals surface area contributed by atoms with Crippen LogP contribution in [0.25, 0.3) is 0 Å². The Morgan fingerprint density at radius 1 is 1.40 bits per heavy atom. The lowest BCUT2D eigenvalue weighted by atomic mass is 10.1. The number of imide groups is 1. The standard InChI is InChI=1S/C14H22N2O4/c1-9(2)15(7-3-4-13(18)19)11-8-12(17)16(14(11)20)10-5-6-10/h9-11H,3-8H2,1-2H3,(H,18,19). The molecule has 2 fully saturated rings. The number of likely N-dealkylation sites (tertiary alicyclic amines) is 1. The zero-order valence-corrected chi connectivity index (χ0v) is 12.0. The number of carbonyl (C=O) groups is 3. The van der Waals surface area contributed by atoms with Gasteiger partial charge in [0.2, 0.25) is 11.8 Å². The molecule has 0 aromatic heterocycles. The fraction of sp³-hybridized carbons (Fsp3) is 0.786. The van der Waals surface area contributed by atoms with Crippen LogP contribution in [0.5, 0.6) is 0 Å². The zero-order chi connectivity index (χ0) is 14.9. The maximum atomic E-state index is 12.4. The number of aliphatic carboxylic acids is 1. The van der Waals surface area contributed by atoms with Gasteiger partial charge in [0.25, 0.3) is 0 Å². The third-order valence-corrected chi connectivity index (χ3v) is 3.94. The van der Waals surface area contributed by atoms with Gasteiger partial charge in [0, 0.05) is 18.5 Å². The van der Waals surface area contributed by atoms with Crippen LogP contribution in [0.1, 0.15) is 46.0 Å². The van der Waals surface area contributed by atoms with Gasteiger partial charge in [-0.3, -0.25) is 24.2 Å². The highest BCUT2D eigenvalue weighted by molar-refractivity contribution is 6.06. The predicted octanol–water partition coefficient (Wildman–Crippen LogP) is 0.851. The Morgan fingerprint density at radius 3 is 2.55 bits per heavy atom. The summed E-state index contributed by atoms with van der Waals surface area (Å²) in [6, 6.07) is -0.172. The molecule has 2 rings (SSSR count). The first-order chi connectivity index (χ1) is 9.41. The van der Waals surface area contributed by atoms with Crippen molar-refractivity contribution >= 4 is 17.8 Å². The van der Waals surface area contributed by atoms with Crippen molar-refractivity contribution < 1.29 is 19.5 Å². The van der Waals surface area contributed by atoms with Crippen LogP contribution >= 0.6 is 0 Å². The van der Waals surface area contributed by atoms with Crippen molar-refractivity contribution in [3.05, 3.63) is 0 Å². The van der Waals surface area contributed by atoms with Gasteiger partial charge in [0.05, 0.1) is 12.5 Å². The van der Waals surface area contributed by atoms with Gasteiger partial charge in [-0.1, -0.05) is 0 Å². The van der Waals surface area contributed by atoms with Gasteiger partial charge >= 0.3 is 5.97 Å². The molecular weight excluding hydrogens is 260 g/mol. The van der Waals surface area contributed by atoms with Gasteiger partial charge < -0.3 is 5.11 Å². The van der Waals surface area contributed by atoms with Crippen molar-refractivity contribution in [1.82, 2.24) is 9.80 Å². The van der Waals surface area contributed by atoms with E-state index in [1.807, 2.05) is 18.7 Å². The van der Waals surface area contributed by atoms with Gasteiger partial charge in [-0.05, 0) is 39.7 Å². The maximum absolute atomic E-state index is 12.4. The van der Waals surface area contributed by atoms with Crippen LogP contribution in [0.3, 0.4) is 0 Å². The highest BCUT2D eigenvalue weighted by atomic mass is 16.4. The number of rotatable bonds is 7. The van der Waals surface area contributed by atoms with Gasteiger partial charge in [-0.2, -0.15) is 0 Å². The molecule has 0 radical (unpaired) electrons. The van der Waals surface area contributed by atoms with E-state index >= 15 is 0 Å². The van der Waals surface area contributed by atoms with E-state index in [-0.39, 0.29) is 36.7 Å². The largest absolute Gasteiger partial charge is 0.481 e. The van der Waals surface area contributed by atoms with Crippen molar-refractivity contribution in [2.24, 2.45) is 0 Å². The Kier molecular flexibility index (Phi) is 4.42. The number of carbonyl (C=O) groups excluding carboxylic acids is 2. The summed E-state index contributed by atoms with van der Waals surface area (Å²) >= 11 is 0. The molecule has 1 atom stereocenters. The molecule has 1 unspecified atom stereocenters. The number of nitrogens with zero attached hydrogens (tertiary/aromatic N) is 2. The van der Waals surface area contributed by atoms with E-state index in [0.29, 0.717) is 13.0 Å². The zero-order valence-electron chi connectivity index (χ0n) is 12.0. The number of carboxylic acids is 1. The van der Waals surface area contributed by atoms with Crippen molar-refractivity contribution in [3.8, 4) is 0 Å². The summed E-state index contributed by atoms with van der Waals surface area (Å²) in [5.41, 5.74) is 0. The SMILES string of the molecule is CC(C)N(CCCC(=O)O)C1CC(=O)N(C2CC2)C1=O. The summed E-state index contributed by atoms with van der Waals surface area (Å²) < 4.78 is 0. The Labute approximate surface area is 118 Å². The third-order valence-electron chi connectivity index (χ3n) is 3.94. The van der Waals surface area contributed by atoms with E-state index in [9.17, 15) is 14.4 Å². The lowest BCUT2D eigenvalue weighted by Crippen LogP contribution is -2.46. The molecule has 0 spiro atoms. The Bertz CT molecular complexity index is 417. The van der Waals surface area contributed by atoms with Crippen molar-refractivity contribution in [2.45, 2.75) is 64.1 Å². The van der Waals surface area contributed by atoms with Crippen LogP contribution in [0, 0.1) is 0 Å². The van der Waals surface area contributed by atoms with E-state index in [1.54, 1.807) is 0 Å². The van der Waals surface area contributed by atoms with Gasteiger partial charge in [0.15, 0.2) is 0 Å². The van der Waals surface area contributed by atoms with Crippen LogP contribution in [0.4, 0.5) is 0 Å². The highest BCUT2D eigenvalue weighted by Gasteiger charge is 2.48. The lowest BCUT2D eigenvalue weighted by molar-refractivity contribution is -0.140. The van der Waals surface area contributed by atoms with Gasteiger partial charge in [-0.15, -0.1) is 0 Å². The summed E-state index contributed by atoms with van der Waals surface area (Å²) in [5.74, 6) is -1.00. The van der Waals surface area contributed by atoms with E-state index in [0.717, 1.165) is 12.8 Å². The maximum Gasteiger partial charge on any atom is 0.303 e. The van der Waals surface area contributed by atoms with Crippen molar-refractivity contribution in [2.75, 3.05) is 6.54 Å². The molecule has 2 amide bonds. The second-order valence-corrected chi connectivity index (χ2v) is 5.88. The first-order valence-corrected chi connectivity index (χ1v) is 7.25. The average Bonchev–Trinajstić information content (AvgIpc) is 3.12. The van der Waals surface area contributed by atoms with Crippen LogP contribution in [-0.4, -0.2) is 57.4 Å². The number of hydrogen-bond acceptors (Lipinski definition) is 4. The molecule has 6 nitrogen and oxygen atoms in total. The van der Waals surface area contributed by atoms with Gasteiger partial charge in [0.1, 0.15) is 0 Å². The first-order valence-electron chi connectivity index (χ1n) is 7.25. The topological polar surface area (TPSA) is 77.9 Å². The summed E-state index contributed by atoms with van der Waals surface area (Å²) in [5, 5.41) is 8.70. The molecular formula is C14H22N2O4. The van der Waals surface area contributed by atoms with E-state index in [1.165, 1.54) is 4.90 Å². The Morgan fingerprint density at radius 2 is 2.05 bits per heavy atom. The Balaban J connectivity index is 2.00. The summed E-state index contributed by atoms with van der Waals surface area (Å²) in [4.78, 5) is 38.3. The van der Waals surface area contributed by atoms with E-state index < -0.39 is 12.0 Å². The van der Waals surface area contributed by atoms with Crippen LogP contribution in [0.15, 0.2) is 0 Å². The number of amides is 2. The normalized spacial score (nSPS) is 23.2. The quantitative estimate of drug-likeness (QED) is 0.700. The summed E-state index contributed by atoms with van der Waals surface area (Å²) in [6.07, 6.45) is 2.66. The smallest absolute Gasteiger partial charge is 0.303 e. The number of hydrogen-bond donors (Lipinski definition) is 1. The molecule has 0 aromatic carbocycles. The molecule has 1 aliphatic carbocycles. The molecule has 6 heteroatoms. The van der Waals surface area contributed by atoms with Crippen LogP contribution in [0.2, 0.25) is 0 Å². The van der Waals surface area contributed by atoms with E-state index in [2.05, 4.69) is 0 Å². The third kappa shape index (κ3) is 3.17. The van der Waals surface area contributed by atoms with Crippen molar-refractivity contribution in [1.29, 1.82) is 0 Å². The molecule has 1 saturated carbocycles. The second-order valence-electron chi connectivity index (χ2n) is 5.88. The molecule has 0 aromatic rings. The average molecular weight is 282 g/mol. The highest BCUT2D eigenvalue weighted by Crippen LogP contribution is 2.33.